The van der Waals surface area contributed by atoms with Crippen LogP contribution in [0.15, 0.2) is 30.3 Å². The lowest BCUT2D eigenvalue weighted by Crippen LogP contribution is -2.36. The Morgan fingerprint density at radius 2 is 1.74 bits per heavy atom. The molecule has 0 spiro atoms. The first kappa shape index (κ1) is 14.6. The summed E-state index contributed by atoms with van der Waals surface area (Å²) in [6, 6.07) is 12.3. The van der Waals surface area contributed by atoms with E-state index in [4.69, 9.17) is 0 Å². The molecule has 1 atom stereocenters. The van der Waals surface area contributed by atoms with Crippen molar-refractivity contribution in [2.45, 2.75) is 70.9 Å². The molecule has 1 aromatic rings. The molecule has 0 bridgehead atoms. The van der Waals surface area contributed by atoms with Gasteiger partial charge in [-0.25, -0.2) is 0 Å². The van der Waals surface area contributed by atoms with Gasteiger partial charge >= 0.3 is 0 Å². The molecule has 106 valence electrons. The van der Waals surface area contributed by atoms with Gasteiger partial charge in [0.25, 0.3) is 0 Å². The molecule has 0 aromatic heterocycles. The number of hydrogen-bond acceptors (Lipinski definition) is 1. The molecule has 1 saturated carbocycles. The van der Waals surface area contributed by atoms with Crippen molar-refractivity contribution in [1.82, 2.24) is 5.32 Å². The quantitative estimate of drug-likeness (QED) is 0.750. The van der Waals surface area contributed by atoms with E-state index in [1.165, 1.54) is 50.5 Å². The van der Waals surface area contributed by atoms with E-state index in [1.807, 2.05) is 0 Å². The number of rotatable bonds is 6. The minimum Gasteiger partial charge on any atom is -0.307 e. The van der Waals surface area contributed by atoms with Crippen LogP contribution in [0.1, 0.15) is 70.4 Å². The molecule has 1 fully saturated rings. The van der Waals surface area contributed by atoms with Gasteiger partial charge in [-0.15, -0.1) is 0 Å². The van der Waals surface area contributed by atoms with Crippen LogP contribution in [-0.2, 0) is 0 Å². The van der Waals surface area contributed by atoms with Crippen LogP contribution in [0.3, 0.4) is 0 Å². The molecule has 0 radical (unpaired) electrons. The zero-order valence-electron chi connectivity index (χ0n) is 12.6. The van der Waals surface area contributed by atoms with Gasteiger partial charge in [0.2, 0.25) is 0 Å². The SMILES string of the molecule is CCCC(NC1CCC(CC)CC1)c1ccccc1. The lowest BCUT2D eigenvalue weighted by molar-refractivity contribution is 0.265. The van der Waals surface area contributed by atoms with Crippen LogP contribution in [0.25, 0.3) is 0 Å². The maximum absolute atomic E-state index is 3.92. The maximum Gasteiger partial charge on any atom is 0.0322 e. The van der Waals surface area contributed by atoms with Crippen LogP contribution in [0, 0.1) is 5.92 Å². The van der Waals surface area contributed by atoms with Gasteiger partial charge in [-0.2, -0.15) is 0 Å². The van der Waals surface area contributed by atoms with Gasteiger partial charge in [-0.1, -0.05) is 57.0 Å². The van der Waals surface area contributed by atoms with E-state index in [0.29, 0.717) is 6.04 Å². The first-order chi connectivity index (χ1) is 9.33. The Morgan fingerprint density at radius 3 is 2.32 bits per heavy atom. The molecule has 0 aliphatic heterocycles. The van der Waals surface area contributed by atoms with Gasteiger partial charge in [0.15, 0.2) is 0 Å². The predicted octanol–water partition coefficient (Wildman–Crippen LogP) is 5.09. The molecule has 1 aliphatic rings. The van der Waals surface area contributed by atoms with Crippen molar-refractivity contribution >= 4 is 0 Å². The summed E-state index contributed by atoms with van der Waals surface area (Å²) in [5, 5.41) is 3.92. The van der Waals surface area contributed by atoms with Crippen LogP contribution in [-0.4, -0.2) is 6.04 Å². The first-order valence-corrected chi connectivity index (χ1v) is 8.14. The second kappa shape index (κ2) is 7.69. The lowest BCUT2D eigenvalue weighted by atomic mass is 9.84. The van der Waals surface area contributed by atoms with Gasteiger partial charge in [-0.05, 0) is 43.6 Å². The van der Waals surface area contributed by atoms with Crippen molar-refractivity contribution in [3.8, 4) is 0 Å². The average molecular weight is 259 g/mol. The van der Waals surface area contributed by atoms with Crippen LogP contribution in [0.2, 0.25) is 0 Å². The molecule has 19 heavy (non-hydrogen) atoms. The second-order valence-corrected chi connectivity index (χ2v) is 6.04. The topological polar surface area (TPSA) is 12.0 Å². The van der Waals surface area contributed by atoms with Crippen LogP contribution < -0.4 is 5.32 Å². The fourth-order valence-electron chi connectivity index (χ4n) is 3.34. The molecule has 1 unspecified atom stereocenters. The van der Waals surface area contributed by atoms with Gasteiger partial charge in [-0.3, -0.25) is 0 Å². The number of benzene rings is 1. The van der Waals surface area contributed by atoms with Crippen molar-refractivity contribution in [3.63, 3.8) is 0 Å². The standard InChI is InChI=1S/C18H29N/c1-3-8-18(16-9-6-5-7-10-16)19-17-13-11-15(4-2)12-14-17/h5-7,9-10,15,17-19H,3-4,8,11-14H2,1-2H3. The molecule has 1 N–H and O–H groups in total. The van der Waals surface area contributed by atoms with E-state index < -0.39 is 0 Å². The summed E-state index contributed by atoms with van der Waals surface area (Å²) in [7, 11) is 0. The highest BCUT2D eigenvalue weighted by Gasteiger charge is 2.22. The molecule has 1 aliphatic carbocycles. The van der Waals surface area contributed by atoms with E-state index in [0.717, 1.165) is 12.0 Å². The Bertz CT molecular complexity index is 338. The summed E-state index contributed by atoms with van der Waals surface area (Å²) in [5.41, 5.74) is 1.46. The van der Waals surface area contributed by atoms with Crippen LogP contribution in [0.4, 0.5) is 0 Å². The highest BCUT2D eigenvalue weighted by atomic mass is 15.0. The van der Waals surface area contributed by atoms with Crippen molar-refractivity contribution in [3.05, 3.63) is 35.9 Å². The van der Waals surface area contributed by atoms with Crippen LogP contribution in [0.5, 0.6) is 0 Å². The van der Waals surface area contributed by atoms with Gasteiger partial charge in [0, 0.05) is 12.1 Å². The maximum atomic E-state index is 3.92. The average Bonchev–Trinajstić information content (AvgIpc) is 2.48. The third-order valence-corrected chi connectivity index (χ3v) is 4.64. The zero-order chi connectivity index (χ0) is 13.5. The van der Waals surface area contributed by atoms with E-state index in [9.17, 15) is 0 Å². The first-order valence-electron chi connectivity index (χ1n) is 8.14. The van der Waals surface area contributed by atoms with E-state index in [-0.39, 0.29) is 0 Å². The fraction of sp³-hybridized carbons (Fsp3) is 0.667. The zero-order valence-corrected chi connectivity index (χ0v) is 12.6. The predicted molar refractivity (Wildman–Crippen MR) is 83.3 cm³/mol. The summed E-state index contributed by atoms with van der Waals surface area (Å²) >= 11 is 0. The molecule has 0 amide bonds. The van der Waals surface area contributed by atoms with E-state index in [2.05, 4.69) is 49.5 Å². The molecule has 2 rings (SSSR count). The van der Waals surface area contributed by atoms with Gasteiger partial charge in [0.1, 0.15) is 0 Å². The number of hydrogen-bond donors (Lipinski definition) is 1. The number of nitrogens with one attached hydrogen (secondary N) is 1. The minimum atomic E-state index is 0.550. The molecule has 1 heteroatoms. The molecule has 1 aromatic carbocycles. The second-order valence-electron chi connectivity index (χ2n) is 6.04. The summed E-state index contributed by atoms with van der Waals surface area (Å²) in [4.78, 5) is 0. The highest BCUT2D eigenvalue weighted by molar-refractivity contribution is 5.19. The molecule has 0 heterocycles. The van der Waals surface area contributed by atoms with Gasteiger partial charge < -0.3 is 5.32 Å². The Labute approximate surface area is 118 Å². The summed E-state index contributed by atoms with van der Waals surface area (Å²) in [5.74, 6) is 0.986. The van der Waals surface area contributed by atoms with Crippen molar-refractivity contribution in [2.75, 3.05) is 0 Å². The normalized spacial score (nSPS) is 25.2. The van der Waals surface area contributed by atoms with Gasteiger partial charge in [0.05, 0.1) is 0 Å². The largest absolute Gasteiger partial charge is 0.307 e. The summed E-state index contributed by atoms with van der Waals surface area (Å²) < 4.78 is 0. The third-order valence-electron chi connectivity index (χ3n) is 4.64. The third kappa shape index (κ3) is 4.35. The van der Waals surface area contributed by atoms with Crippen molar-refractivity contribution < 1.29 is 0 Å². The molecular weight excluding hydrogens is 230 g/mol. The molecule has 0 saturated heterocycles. The summed E-state index contributed by atoms with van der Waals surface area (Å²) in [6.07, 6.45) is 9.43. The Balaban J connectivity index is 1.91. The lowest BCUT2D eigenvalue weighted by Gasteiger charge is -2.32. The van der Waals surface area contributed by atoms with E-state index in [1.54, 1.807) is 0 Å². The monoisotopic (exact) mass is 259 g/mol. The summed E-state index contributed by atoms with van der Waals surface area (Å²) in [6.45, 7) is 4.62. The Hall–Kier alpha value is -0.820. The molecule has 1 nitrogen and oxygen atoms in total. The van der Waals surface area contributed by atoms with E-state index >= 15 is 0 Å². The highest BCUT2D eigenvalue weighted by Crippen LogP contribution is 2.29. The van der Waals surface area contributed by atoms with Crippen molar-refractivity contribution in [2.24, 2.45) is 5.92 Å². The minimum absolute atomic E-state index is 0.550. The molecular formula is C18H29N. The fourth-order valence-corrected chi connectivity index (χ4v) is 3.34. The van der Waals surface area contributed by atoms with Crippen LogP contribution >= 0.6 is 0 Å². The smallest absolute Gasteiger partial charge is 0.0322 e. The Morgan fingerprint density at radius 1 is 1.05 bits per heavy atom. The van der Waals surface area contributed by atoms with Crippen molar-refractivity contribution in [1.29, 1.82) is 0 Å². The Kier molecular flexibility index (Phi) is 5.91.